The first-order chi connectivity index (χ1) is 12.5. The Morgan fingerprint density at radius 2 is 1.62 bits per heavy atom. The fourth-order valence-electron chi connectivity index (χ4n) is 2.23. The SMILES string of the molecule is CCNC(=O)COc1ccc(NC(=O)COc2cc(C)ccc2C)cc1. The number of rotatable bonds is 8. The molecule has 0 saturated heterocycles. The van der Waals surface area contributed by atoms with Crippen LogP contribution in [-0.2, 0) is 9.59 Å². The smallest absolute Gasteiger partial charge is 0.262 e. The van der Waals surface area contributed by atoms with E-state index in [1.807, 2.05) is 39.0 Å². The third-order valence-electron chi connectivity index (χ3n) is 3.58. The van der Waals surface area contributed by atoms with Gasteiger partial charge in [0.1, 0.15) is 11.5 Å². The largest absolute Gasteiger partial charge is 0.484 e. The van der Waals surface area contributed by atoms with Crippen LogP contribution in [0.3, 0.4) is 0 Å². The zero-order valence-corrected chi connectivity index (χ0v) is 15.3. The van der Waals surface area contributed by atoms with E-state index in [0.29, 0.717) is 23.7 Å². The third-order valence-corrected chi connectivity index (χ3v) is 3.58. The molecule has 0 heterocycles. The molecular weight excluding hydrogens is 332 g/mol. The molecule has 0 radical (unpaired) electrons. The van der Waals surface area contributed by atoms with Gasteiger partial charge in [-0.2, -0.15) is 0 Å². The van der Waals surface area contributed by atoms with Crippen LogP contribution in [0.25, 0.3) is 0 Å². The van der Waals surface area contributed by atoms with Crippen molar-refractivity contribution in [3.05, 3.63) is 53.6 Å². The number of hydrogen-bond acceptors (Lipinski definition) is 4. The highest BCUT2D eigenvalue weighted by atomic mass is 16.5. The van der Waals surface area contributed by atoms with Gasteiger partial charge >= 0.3 is 0 Å². The van der Waals surface area contributed by atoms with Gasteiger partial charge in [0, 0.05) is 12.2 Å². The quantitative estimate of drug-likeness (QED) is 0.762. The number of amides is 2. The number of nitrogens with one attached hydrogen (secondary N) is 2. The summed E-state index contributed by atoms with van der Waals surface area (Å²) < 4.78 is 10.9. The highest BCUT2D eigenvalue weighted by molar-refractivity contribution is 5.91. The van der Waals surface area contributed by atoms with Gasteiger partial charge in [0.15, 0.2) is 13.2 Å². The summed E-state index contributed by atoms with van der Waals surface area (Å²) in [7, 11) is 0. The Labute approximate surface area is 153 Å². The number of ether oxygens (including phenoxy) is 2. The van der Waals surface area contributed by atoms with Gasteiger partial charge in [0.25, 0.3) is 11.8 Å². The third kappa shape index (κ3) is 6.12. The van der Waals surface area contributed by atoms with Crippen molar-refractivity contribution in [3.63, 3.8) is 0 Å². The van der Waals surface area contributed by atoms with Gasteiger partial charge in [0.05, 0.1) is 0 Å². The molecule has 0 spiro atoms. The zero-order valence-electron chi connectivity index (χ0n) is 15.3. The molecule has 0 atom stereocenters. The molecule has 0 aromatic heterocycles. The molecule has 2 rings (SSSR count). The van der Waals surface area contributed by atoms with E-state index in [-0.39, 0.29) is 25.0 Å². The molecule has 138 valence electrons. The molecule has 2 aromatic carbocycles. The van der Waals surface area contributed by atoms with Crippen LogP contribution >= 0.6 is 0 Å². The molecule has 0 bridgehead atoms. The molecule has 2 amide bonds. The Bertz CT molecular complexity index is 757. The normalized spacial score (nSPS) is 10.1. The molecule has 2 aromatic rings. The van der Waals surface area contributed by atoms with Crippen molar-refractivity contribution in [1.82, 2.24) is 5.32 Å². The fourth-order valence-corrected chi connectivity index (χ4v) is 2.23. The number of anilines is 1. The first-order valence-corrected chi connectivity index (χ1v) is 8.47. The second-order valence-corrected chi connectivity index (χ2v) is 5.87. The Balaban J connectivity index is 1.81. The van der Waals surface area contributed by atoms with E-state index >= 15 is 0 Å². The summed E-state index contributed by atoms with van der Waals surface area (Å²) in [6, 6.07) is 12.7. The van der Waals surface area contributed by atoms with Gasteiger partial charge < -0.3 is 20.1 Å². The van der Waals surface area contributed by atoms with Crippen molar-refractivity contribution in [2.24, 2.45) is 0 Å². The van der Waals surface area contributed by atoms with Crippen molar-refractivity contribution < 1.29 is 19.1 Å². The second kappa shape index (κ2) is 9.46. The maximum absolute atomic E-state index is 12.0. The van der Waals surface area contributed by atoms with E-state index in [1.54, 1.807) is 24.3 Å². The molecule has 6 nitrogen and oxygen atoms in total. The van der Waals surface area contributed by atoms with Crippen molar-refractivity contribution in [1.29, 1.82) is 0 Å². The predicted molar refractivity (Wildman–Crippen MR) is 101 cm³/mol. The summed E-state index contributed by atoms with van der Waals surface area (Å²) in [6.07, 6.45) is 0. The van der Waals surface area contributed by atoms with E-state index in [0.717, 1.165) is 11.1 Å². The van der Waals surface area contributed by atoms with Gasteiger partial charge in [-0.25, -0.2) is 0 Å². The summed E-state index contributed by atoms with van der Waals surface area (Å²) in [5, 5.41) is 5.41. The van der Waals surface area contributed by atoms with Crippen LogP contribution in [0.15, 0.2) is 42.5 Å². The summed E-state index contributed by atoms with van der Waals surface area (Å²) in [5.41, 5.74) is 2.69. The van der Waals surface area contributed by atoms with E-state index in [9.17, 15) is 9.59 Å². The van der Waals surface area contributed by atoms with Gasteiger partial charge in [-0.3, -0.25) is 9.59 Å². The minimum Gasteiger partial charge on any atom is -0.484 e. The first kappa shape index (κ1) is 19.3. The van der Waals surface area contributed by atoms with Crippen molar-refractivity contribution in [3.8, 4) is 11.5 Å². The maximum Gasteiger partial charge on any atom is 0.262 e. The maximum atomic E-state index is 12.0. The molecule has 6 heteroatoms. The lowest BCUT2D eigenvalue weighted by molar-refractivity contribution is -0.123. The topological polar surface area (TPSA) is 76.7 Å². The van der Waals surface area contributed by atoms with Crippen LogP contribution < -0.4 is 20.1 Å². The van der Waals surface area contributed by atoms with Crippen LogP contribution in [-0.4, -0.2) is 31.6 Å². The number of carbonyl (C=O) groups excluding carboxylic acids is 2. The predicted octanol–water partition coefficient (Wildman–Crippen LogP) is 2.84. The van der Waals surface area contributed by atoms with E-state index in [1.165, 1.54) is 0 Å². The average molecular weight is 356 g/mol. The Morgan fingerprint density at radius 3 is 2.31 bits per heavy atom. The number of carbonyl (C=O) groups is 2. The molecule has 0 aliphatic rings. The monoisotopic (exact) mass is 356 g/mol. The lowest BCUT2D eigenvalue weighted by Crippen LogP contribution is -2.28. The summed E-state index contributed by atoms with van der Waals surface area (Å²) in [4.78, 5) is 23.4. The van der Waals surface area contributed by atoms with Gasteiger partial charge in [-0.05, 0) is 62.2 Å². The van der Waals surface area contributed by atoms with Crippen molar-refractivity contribution in [2.75, 3.05) is 25.1 Å². The number of benzene rings is 2. The van der Waals surface area contributed by atoms with Gasteiger partial charge in [-0.15, -0.1) is 0 Å². The number of aryl methyl sites for hydroxylation is 2. The van der Waals surface area contributed by atoms with Gasteiger partial charge in [-0.1, -0.05) is 12.1 Å². The molecule has 2 N–H and O–H groups in total. The van der Waals surface area contributed by atoms with Crippen LogP contribution in [0, 0.1) is 13.8 Å². The molecule has 0 aliphatic heterocycles. The Kier molecular flexibility index (Phi) is 7.02. The molecule has 0 aliphatic carbocycles. The molecule has 0 fully saturated rings. The van der Waals surface area contributed by atoms with E-state index in [2.05, 4.69) is 10.6 Å². The molecule has 0 saturated carbocycles. The lowest BCUT2D eigenvalue weighted by Gasteiger charge is -2.11. The average Bonchev–Trinajstić information content (AvgIpc) is 2.62. The second-order valence-electron chi connectivity index (χ2n) is 5.87. The summed E-state index contributed by atoms with van der Waals surface area (Å²) >= 11 is 0. The highest BCUT2D eigenvalue weighted by Crippen LogP contribution is 2.19. The van der Waals surface area contributed by atoms with Crippen LogP contribution in [0.1, 0.15) is 18.1 Å². The van der Waals surface area contributed by atoms with E-state index in [4.69, 9.17) is 9.47 Å². The first-order valence-electron chi connectivity index (χ1n) is 8.47. The van der Waals surface area contributed by atoms with E-state index < -0.39 is 0 Å². The molecular formula is C20H24N2O4. The standard InChI is InChI=1S/C20H24N2O4/c1-4-21-19(23)12-25-17-9-7-16(8-10-17)22-20(24)13-26-18-11-14(2)5-6-15(18)3/h5-11H,4,12-13H2,1-3H3,(H,21,23)(H,22,24). The molecule has 26 heavy (non-hydrogen) atoms. The van der Waals surface area contributed by atoms with Crippen molar-refractivity contribution >= 4 is 17.5 Å². The Morgan fingerprint density at radius 1 is 0.923 bits per heavy atom. The minimum absolute atomic E-state index is 0.0385. The zero-order chi connectivity index (χ0) is 18.9. The minimum atomic E-state index is -0.248. The van der Waals surface area contributed by atoms with Crippen LogP contribution in [0.2, 0.25) is 0 Å². The van der Waals surface area contributed by atoms with Crippen molar-refractivity contribution in [2.45, 2.75) is 20.8 Å². The molecule has 0 unspecified atom stereocenters. The summed E-state index contributed by atoms with van der Waals surface area (Å²) in [6.45, 7) is 6.22. The fraction of sp³-hybridized carbons (Fsp3) is 0.300. The summed E-state index contributed by atoms with van der Waals surface area (Å²) in [5.74, 6) is 0.838. The van der Waals surface area contributed by atoms with Crippen LogP contribution in [0.4, 0.5) is 5.69 Å². The Hall–Kier alpha value is -3.02. The number of likely N-dealkylation sites (N-methyl/N-ethyl adjacent to an activating group) is 1. The van der Waals surface area contributed by atoms with Gasteiger partial charge in [0.2, 0.25) is 0 Å². The number of hydrogen-bond donors (Lipinski definition) is 2. The lowest BCUT2D eigenvalue weighted by atomic mass is 10.1. The highest BCUT2D eigenvalue weighted by Gasteiger charge is 2.07. The van der Waals surface area contributed by atoms with Crippen LogP contribution in [0.5, 0.6) is 11.5 Å².